The first-order chi connectivity index (χ1) is 41.5. The summed E-state index contributed by atoms with van der Waals surface area (Å²) in [6, 6.07) is 19.2. The minimum Gasteiger partial charge on any atom is -0.619 e. The molecule has 0 amide bonds. The van der Waals surface area contributed by atoms with Crippen molar-refractivity contribution < 1.29 is 75.4 Å². The number of hydrogen-bond donors (Lipinski definition) is 2. The summed E-state index contributed by atoms with van der Waals surface area (Å²) in [5, 5.41) is 14.4. The number of alkyl halides is 6. The van der Waals surface area contributed by atoms with Crippen LogP contribution >= 0.6 is 50.7 Å². The Morgan fingerprint density at radius 2 is 1.04 bits per heavy atom. The van der Waals surface area contributed by atoms with Crippen LogP contribution in [0, 0.1) is 32.9 Å². The van der Waals surface area contributed by atoms with Crippen LogP contribution in [0.1, 0.15) is 65.5 Å². The molecule has 0 atom stereocenters. The van der Waals surface area contributed by atoms with Crippen LogP contribution in [0.5, 0.6) is 0 Å². The third-order valence-corrected chi connectivity index (χ3v) is 18.6. The van der Waals surface area contributed by atoms with Crippen molar-refractivity contribution in [3.63, 3.8) is 0 Å². The van der Waals surface area contributed by atoms with Gasteiger partial charge in [-0.25, -0.2) is 53.8 Å². The van der Waals surface area contributed by atoms with E-state index in [0.29, 0.717) is 42.3 Å². The lowest BCUT2D eigenvalue weighted by atomic mass is 10.1. The number of hydrogen-bond acceptors (Lipinski definition) is 16. The summed E-state index contributed by atoms with van der Waals surface area (Å²) in [6.45, 7) is 5.40. The number of rotatable bonds is 18. The van der Waals surface area contributed by atoms with Crippen LogP contribution in [0.15, 0.2) is 154 Å². The van der Waals surface area contributed by atoms with E-state index in [1.54, 1.807) is 25.2 Å². The molecule has 0 radical (unpaired) electrons. The molecule has 8 rings (SSSR count). The number of pyridine rings is 5. The molecule has 5 heterocycles. The number of methoxy groups -OCH3 is 2. The first kappa shape index (κ1) is 70.5. The molecule has 0 fully saturated rings. The van der Waals surface area contributed by atoms with Crippen molar-refractivity contribution >= 4 is 115 Å². The van der Waals surface area contributed by atoms with Gasteiger partial charge in [-0.1, -0.05) is 53.0 Å². The predicted molar refractivity (Wildman–Crippen MR) is 324 cm³/mol. The van der Waals surface area contributed by atoms with Gasteiger partial charge in [0, 0.05) is 69.3 Å². The Kier molecular flexibility index (Phi) is 22.9. The minimum absolute atomic E-state index is 0.0183. The summed E-state index contributed by atoms with van der Waals surface area (Å²) in [5.41, 5.74) is -1.32. The Balaban J connectivity index is 0.000000217. The number of carbonyl (C=O) groups excluding carboxylic acids is 2. The molecular formula is C56H49BrCl3F6N9O11S3. The summed E-state index contributed by atoms with van der Waals surface area (Å²) in [4.78, 5) is 40.8. The van der Waals surface area contributed by atoms with Gasteiger partial charge in [0.25, 0.3) is 30.1 Å². The second-order valence-electron chi connectivity index (χ2n) is 18.7. The van der Waals surface area contributed by atoms with Gasteiger partial charge in [0.05, 0.1) is 57.9 Å². The molecule has 0 bridgehead atoms. The van der Waals surface area contributed by atoms with Crippen LogP contribution < -0.4 is 23.4 Å². The lowest BCUT2D eigenvalue weighted by Crippen LogP contribution is -2.34. The van der Waals surface area contributed by atoms with Crippen molar-refractivity contribution in [2.75, 3.05) is 53.4 Å². The fourth-order valence-corrected chi connectivity index (χ4v) is 12.8. The number of halogens is 10. The highest BCUT2D eigenvalue weighted by Gasteiger charge is 2.37. The van der Waals surface area contributed by atoms with Crippen molar-refractivity contribution in [2.24, 2.45) is 0 Å². The number of aromatic nitrogens is 5. The molecule has 0 spiro atoms. The maximum atomic E-state index is 13.4. The second kappa shape index (κ2) is 28.9. The zero-order valence-electron chi connectivity index (χ0n) is 47.2. The molecule has 33 heteroatoms. The number of aryl methyl sites for hydroxylation is 4. The maximum Gasteiger partial charge on any atom is 0.416 e. The molecular weight excluding hydrogens is 1370 g/mol. The molecule has 0 unspecified atom stereocenters. The van der Waals surface area contributed by atoms with Crippen LogP contribution in [0.3, 0.4) is 0 Å². The minimum atomic E-state index is -4.79. The van der Waals surface area contributed by atoms with Crippen molar-refractivity contribution in [1.82, 2.24) is 19.9 Å². The molecule has 472 valence electrons. The van der Waals surface area contributed by atoms with Crippen molar-refractivity contribution in [3.8, 4) is 0 Å². The molecule has 5 aromatic heterocycles. The molecule has 0 saturated heterocycles. The molecule has 0 aliphatic rings. The summed E-state index contributed by atoms with van der Waals surface area (Å²) < 4.78 is 173. The Labute approximate surface area is 530 Å². The first-order valence-corrected chi connectivity index (χ1v) is 31.4. The average Bonchev–Trinajstić information content (AvgIpc) is 1.38. The van der Waals surface area contributed by atoms with Gasteiger partial charge in [0.15, 0.2) is 12.4 Å². The number of carbonyl (C=O) groups is 2. The van der Waals surface area contributed by atoms with E-state index in [9.17, 15) is 66.4 Å². The van der Waals surface area contributed by atoms with Gasteiger partial charge in [-0.3, -0.25) is 14.3 Å². The van der Waals surface area contributed by atoms with E-state index in [4.69, 9.17) is 44.3 Å². The van der Waals surface area contributed by atoms with Crippen LogP contribution in [0.25, 0.3) is 0 Å². The Bertz CT molecular complexity index is 4320. The Hall–Kier alpha value is -7.55. The topological polar surface area (TPSA) is 264 Å². The van der Waals surface area contributed by atoms with Crippen molar-refractivity contribution in [2.45, 2.75) is 54.7 Å². The SMILES string of the molecule is CNc1cc(C(=O)c2ncc(Cl)cc2NS(=O)(=O)c2ccc(C)c(C(F)(F)F)c2)ccn1.COCN(c1cc(Cl)cnc1Br)S(=O)(=O)c1ccc(C)c(C)c1.COCN(c1cc(Cl)cnc1C(=O)c1cc[n+]([O-])cc1)S(=O)(=O)c1ccc(C)c(C(F)(F)F)c1. The van der Waals surface area contributed by atoms with E-state index >= 15 is 0 Å². The van der Waals surface area contributed by atoms with Crippen molar-refractivity contribution in [1.29, 1.82) is 0 Å². The highest BCUT2D eigenvalue weighted by atomic mass is 79.9. The normalized spacial score (nSPS) is 11.8. The quantitative estimate of drug-likeness (QED) is 0.0202. The van der Waals surface area contributed by atoms with Crippen LogP contribution in [-0.2, 0) is 51.9 Å². The summed E-state index contributed by atoms with van der Waals surface area (Å²) >= 11 is 21.1. The number of sulfonamides is 3. The molecule has 8 aromatic rings. The number of nitrogens with one attached hydrogen (secondary N) is 2. The van der Waals surface area contributed by atoms with Gasteiger partial charge in [-0.15, -0.1) is 0 Å². The lowest BCUT2D eigenvalue weighted by molar-refractivity contribution is -0.605. The smallest absolute Gasteiger partial charge is 0.416 e. The van der Waals surface area contributed by atoms with Crippen LogP contribution in [0.2, 0.25) is 15.1 Å². The number of ether oxygens (including phenoxy) is 2. The zero-order chi connectivity index (χ0) is 66.1. The zero-order valence-corrected chi connectivity index (χ0v) is 53.5. The lowest BCUT2D eigenvalue weighted by Gasteiger charge is -2.25. The van der Waals surface area contributed by atoms with Crippen LogP contribution in [0.4, 0.5) is 49.2 Å². The fraction of sp³-hybridized carbons (Fsp3) is 0.196. The Morgan fingerprint density at radius 1 is 0.584 bits per heavy atom. The summed E-state index contributed by atoms with van der Waals surface area (Å²) in [7, 11) is -8.80. The number of nitrogens with zero attached hydrogens (tertiary/aromatic N) is 7. The number of ketones is 2. The van der Waals surface area contributed by atoms with Gasteiger partial charge in [0.1, 0.15) is 35.3 Å². The van der Waals surface area contributed by atoms with E-state index < -0.39 is 81.6 Å². The van der Waals surface area contributed by atoms with Gasteiger partial charge in [-0.05, 0) is 133 Å². The number of anilines is 4. The molecule has 89 heavy (non-hydrogen) atoms. The third-order valence-electron chi connectivity index (χ3n) is 12.5. The molecule has 3 aromatic carbocycles. The second-order valence-corrected chi connectivity index (χ2v) is 26.1. The highest BCUT2D eigenvalue weighted by Crippen LogP contribution is 2.38. The number of benzene rings is 3. The fourth-order valence-electron chi connectivity index (χ4n) is 7.87. The van der Waals surface area contributed by atoms with E-state index in [2.05, 4.69) is 45.9 Å². The van der Waals surface area contributed by atoms with E-state index in [-0.39, 0.29) is 66.7 Å². The molecule has 2 N–H and O–H groups in total. The standard InChI is InChI=1S/C21H17ClF3N3O5S.C20H16ClF3N4O3S.C15H16BrClN2O3S/c1-13-3-4-16(10-17(13)21(23,24)25)34(31,32)28(12-33-2)18-9-15(22)11-26-19(18)20(29)14-5-7-27(30)8-6-14;1-11-3-4-14(9-15(11)20(22,23)24)32(30,31)28-16-8-13(21)10-27-18(16)19(29)12-5-6-26-17(7-12)25-2;1-10-4-5-13(6-11(10)2)23(20,21)19(9-22-3)14-7-12(17)8-18-15(14)16/h3-11H,12H2,1-2H3;3-10,28H,1-2H3,(H,25,26);4-8H,9H2,1-3H3. The van der Waals surface area contributed by atoms with E-state index in [1.807, 2.05) is 13.8 Å². The van der Waals surface area contributed by atoms with Gasteiger partial charge < -0.3 is 20.0 Å². The summed E-state index contributed by atoms with van der Waals surface area (Å²) in [5.74, 6) is -0.993. The third kappa shape index (κ3) is 17.2. The summed E-state index contributed by atoms with van der Waals surface area (Å²) in [6.07, 6.45) is -2.31. The Morgan fingerprint density at radius 3 is 1.57 bits per heavy atom. The monoisotopic (exact) mass is 1420 g/mol. The molecule has 20 nitrogen and oxygen atoms in total. The van der Waals surface area contributed by atoms with Crippen LogP contribution in [-0.4, -0.2) is 91.5 Å². The first-order valence-electron chi connectivity index (χ1n) is 25.1. The van der Waals surface area contributed by atoms with Crippen molar-refractivity contribution in [3.05, 3.63) is 215 Å². The predicted octanol–water partition coefficient (Wildman–Crippen LogP) is 12.2. The highest BCUT2D eigenvalue weighted by molar-refractivity contribution is 9.10. The van der Waals surface area contributed by atoms with E-state index in [0.717, 1.165) is 76.6 Å². The molecule has 0 aliphatic carbocycles. The van der Waals surface area contributed by atoms with Gasteiger partial charge >= 0.3 is 12.4 Å². The maximum absolute atomic E-state index is 13.4. The van der Waals surface area contributed by atoms with E-state index in [1.165, 1.54) is 70.8 Å². The molecule has 0 aliphatic heterocycles. The largest absolute Gasteiger partial charge is 0.619 e. The van der Waals surface area contributed by atoms with Gasteiger partial charge in [0.2, 0.25) is 11.6 Å². The average molecular weight is 1420 g/mol. The molecule has 0 saturated carbocycles. The van der Waals surface area contributed by atoms with Gasteiger partial charge in [-0.2, -0.15) is 31.1 Å².